The largest absolute Gasteiger partial charge is 0.315 e. The van der Waals surface area contributed by atoms with Crippen molar-refractivity contribution in [1.29, 1.82) is 0 Å². The number of aryl methyl sites for hydroxylation is 2. The minimum atomic E-state index is 0.403. The number of nitrogens with zero attached hydrogens (tertiary/aromatic N) is 1. The molecule has 17 heavy (non-hydrogen) atoms. The first kappa shape index (κ1) is 14.7. The molecule has 0 aromatic carbocycles. The van der Waals surface area contributed by atoms with Gasteiger partial charge in [-0.25, -0.2) is 4.98 Å². The van der Waals surface area contributed by atoms with Gasteiger partial charge in [0, 0.05) is 11.4 Å². The van der Waals surface area contributed by atoms with Gasteiger partial charge in [0.05, 0.1) is 10.7 Å². The highest BCUT2D eigenvalue weighted by Crippen LogP contribution is 2.26. The van der Waals surface area contributed by atoms with Gasteiger partial charge in [0.1, 0.15) is 0 Å². The van der Waals surface area contributed by atoms with E-state index in [0.717, 1.165) is 19.4 Å². The second-order valence-electron chi connectivity index (χ2n) is 5.82. The highest BCUT2D eigenvalue weighted by atomic mass is 32.1. The molecule has 0 radical (unpaired) electrons. The zero-order valence-corrected chi connectivity index (χ0v) is 12.7. The van der Waals surface area contributed by atoms with Crippen LogP contribution in [-0.4, -0.2) is 12.0 Å². The molecule has 0 saturated heterocycles. The Labute approximate surface area is 110 Å². The summed E-state index contributed by atoms with van der Waals surface area (Å²) >= 11 is 1.89. The van der Waals surface area contributed by atoms with E-state index >= 15 is 0 Å². The van der Waals surface area contributed by atoms with Crippen molar-refractivity contribution in [3.05, 3.63) is 15.6 Å². The molecule has 0 unspecified atom stereocenters. The molecule has 1 rings (SSSR count). The van der Waals surface area contributed by atoms with Crippen molar-refractivity contribution < 1.29 is 0 Å². The van der Waals surface area contributed by atoms with E-state index in [1.807, 2.05) is 18.4 Å². The lowest BCUT2D eigenvalue weighted by molar-refractivity contribution is 0.378. The molecule has 3 heteroatoms. The van der Waals surface area contributed by atoms with Gasteiger partial charge in [0.15, 0.2) is 0 Å². The maximum atomic E-state index is 4.80. The molecule has 0 bridgehead atoms. The number of thiazole rings is 1. The van der Waals surface area contributed by atoms with Crippen LogP contribution in [0.3, 0.4) is 0 Å². The average molecular weight is 254 g/mol. The summed E-state index contributed by atoms with van der Waals surface area (Å²) in [4.78, 5) is 6.23. The summed E-state index contributed by atoms with van der Waals surface area (Å²) in [6, 6.07) is 0. The highest BCUT2D eigenvalue weighted by Gasteiger charge is 2.14. The predicted octanol–water partition coefficient (Wildman–Crippen LogP) is 3.79. The van der Waals surface area contributed by atoms with E-state index in [1.165, 1.54) is 28.4 Å². The monoisotopic (exact) mass is 254 g/mol. The molecule has 98 valence electrons. The molecule has 0 fully saturated rings. The lowest BCUT2D eigenvalue weighted by Gasteiger charge is -2.16. The van der Waals surface area contributed by atoms with Crippen LogP contribution < -0.4 is 5.32 Å². The second-order valence-corrected chi connectivity index (χ2v) is 6.99. The number of hydrogen-bond donors (Lipinski definition) is 1. The van der Waals surface area contributed by atoms with Gasteiger partial charge in [-0.2, -0.15) is 0 Å². The van der Waals surface area contributed by atoms with E-state index in [-0.39, 0.29) is 0 Å². The zero-order chi connectivity index (χ0) is 12.9. The van der Waals surface area contributed by atoms with Gasteiger partial charge >= 0.3 is 0 Å². The third kappa shape index (κ3) is 5.17. The Kier molecular flexibility index (Phi) is 5.60. The second kappa shape index (κ2) is 6.50. The highest BCUT2D eigenvalue weighted by molar-refractivity contribution is 7.11. The molecule has 0 amide bonds. The van der Waals surface area contributed by atoms with E-state index in [2.05, 4.69) is 33.0 Å². The Balaban J connectivity index is 2.69. The van der Waals surface area contributed by atoms with Crippen LogP contribution in [-0.2, 0) is 19.4 Å². The van der Waals surface area contributed by atoms with Crippen molar-refractivity contribution in [1.82, 2.24) is 10.3 Å². The van der Waals surface area contributed by atoms with Gasteiger partial charge in [-0.1, -0.05) is 34.1 Å². The third-order valence-electron chi connectivity index (χ3n) is 2.74. The lowest BCUT2D eigenvalue weighted by Crippen LogP contribution is -2.06. The molecule has 1 heterocycles. The smallest absolute Gasteiger partial charge is 0.0931 e. The van der Waals surface area contributed by atoms with E-state index in [9.17, 15) is 0 Å². The summed E-state index contributed by atoms with van der Waals surface area (Å²) in [7, 11) is 2.00. The lowest BCUT2D eigenvalue weighted by atomic mass is 9.91. The summed E-state index contributed by atoms with van der Waals surface area (Å²) in [5, 5.41) is 4.55. The number of rotatable bonds is 6. The molecule has 0 spiro atoms. The van der Waals surface area contributed by atoms with Crippen molar-refractivity contribution >= 4 is 11.3 Å². The van der Waals surface area contributed by atoms with E-state index in [1.54, 1.807) is 0 Å². The minimum Gasteiger partial charge on any atom is -0.315 e. The van der Waals surface area contributed by atoms with Gasteiger partial charge in [-0.05, 0) is 31.7 Å². The van der Waals surface area contributed by atoms with Crippen LogP contribution in [0.4, 0.5) is 0 Å². The summed E-state index contributed by atoms with van der Waals surface area (Å²) in [5.41, 5.74) is 1.72. The Hall–Kier alpha value is -0.410. The molecule has 1 aromatic heterocycles. The topological polar surface area (TPSA) is 24.9 Å². The van der Waals surface area contributed by atoms with Crippen LogP contribution in [0.1, 0.15) is 56.1 Å². The minimum absolute atomic E-state index is 0.403. The fraction of sp³-hybridized carbons (Fsp3) is 0.786. The molecule has 2 nitrogen and oxygen atoms in total. The maximum Gasteiger partial charge on any atom is 0.0931 e. The number of hydrogen-bond acceptors (Lipinski definition) is 3. The number of aromatic nitrogens is 1. The van der Waals surface area contributed by atoms with Crippen molar-refractivity contribution in [3.8, 4) is 0 Å². The summed E-state index contributed by atoms with van der Waals surface area (Å²) in [5.74, 6) is 0. The van der Waals surface area contributed by atoms with Crippen molar-refractivity contribution in [2.24, 2.45) is 5.41 Å². The van der Waals surface area contributed by atoms with Crippen LogP contribution in [0, 0.1) is 5.41 Å². The normalized spacial score (nSPS) is 12.1. The van der Waals surface area contributed by atoms with Crippen molar-refractivity contribution in [3.63, 3.8) is 0 Å². The zero-order valence-electron chi connectivity index (χ0n) is 11.9. The van der Waals surface area contributed by atoms with E-state index in [0.29, 0.717) is 5.41 Å². The quantitative estimate of drug-likeness (QED) is 0.835. The van der Waals surface area contributed by atoms with Gasteiger partial charge in [-0.15, -0.1) is 11.3 Å². The van der Waals surface area contributed by atoms with Gasteiger partial charge in [0.25, 0.3) is 0 Å². The van der Waals surface area contributed by atoms with Gasteiger partial charge < -0.3 is 5.32 Å². The van der Waals surface area contributed by atoms with E-state index < -0.39 is 0 Å². The molecule has 0 aliphatic heterocycles. The molecule has 1 aromatic rings. The molecule has 0 saturated carbocycles. The molecule has 0 aliphatic carbocycles. The Morgan fingerprint density at radius 2 is 1.94 bits per heavy atom. The standard InChI is InChI=1S/C14H26N2S/c1-6-7-11-12(10-15-5)17-13(16-11)8-9-14(2,3)4/h15H,6-10H2,1-5H3. The summed E-state index contributed by atoms with van der Waals surface area (Å²) in [6.07, 6.45) is 4.63. The van der Waals surface area contributed by atoms with E-state index in [4.69, 9.17) is 4.98 Å². The fourth-order valence-electron chi connectivity index (χ4n) is 1.76. The summed E-state index contributed by atoms with van der Waals surface area (Å²) < 4.78 is 0. The molecule has 1 N–H and O–H groups in total. The molecular weight excluding hydrogens is 228 g/mol. The van der Waals surface area contributed by atoms with Crippen LogP contribution in [0.5, 0.6) is 0 Å². The van der Waals surface area contributed by atoms with Crippen LogP contribution in [0.15, 0.2) is 0 Å². The fourth-order valence-corrected chi connectivity index (χ4v) is 2.88. The first-order chi connectivity index (χ1) is 7.96. The molecule has 0 aliphatic rings. The van der Waals surface area contributed by atoms with Crippen LogP contribution >= 0.6 is 11.3 Å². The van der Waals surface area contributed by atoms with Gasteiger partial charge in [-0.3, -0.25) is 0 Å². The first-order valence-corrected chi connectivity index (χ1v) is 7.40. The van der Waals surface area contributed by atoms with Gasteiger partial charge in [0.2, 0.25) is 0 Å². The molecular formula is C14H26N2S. The predicted molar refractivity (Wildman–Crippen MR) is 76.6 cm³/mol. The maximum absolute atomic E-state index is 4.80. The Bertz CT molecular complexity index is 313. The first-order valence-electron chi connectivity index (χ1n) is 6.58. The average Bonchev–Trinajstić information content (AvgIpc) is 2.59. The van der Waals surface area contributed by atoms with Crippen LogP contribution in [0.25, 0.3) is 0 Å². The SMILES string of the molecule is CCCc1nc(CCC(C)(C)C)sc1CNC. The Morgan fingerprint density at radius 3 is 2.47 bits per heavy atom. The van der Waals surface area contributed by atoms with Crippen molar-refractivity contribution in [2.45, 2.75) is 59.9 Å². The third-order valence-corrected chi connectivity index (χ3v) is 3.89. The van der Waals surface area contributed by atoms with Crippen LogP contribution in [0.2, 0.25) is 0 Å². The molecule has 0 atom stereocenters. The summed E-state index contributed by atoms with van der Waals surface area (Å²) in [6.45, 7) is 10.1. The Morgan fingerprint density at radius 1 is 1.24 bits per heavy atom. The number of nitrogens with one attached hydrogen (secondary N) is 1. The van der Waals surface area contributed by atoms with Crippen molar-refractivity contribution in [2.75, 3.05) is 7.05 Å².